The Balaban J connectivity index is 1.19. The zero-order valence-corrected chi connectivity index (χ0v) is 19.3. The molecule has 0 aromatic carbocycles. The minimum atomic E-state index is -6.00. The highest BCUT2D eigenvalue weighted by Crippen LogP contribution is 2.64. The molecule has 7 saturated carbocycles. The zero-order valence-electron chi connectivity index (χ0n) is 18.5. The van der Waals surface area contributed by atoms with Gasteiger partial charge in [-0.1, -0.05) is 0 Å². The molecule has 188 valence electrons. The highest BCUT2D eigenvalue weighted by molar-refractivity contribution is 7.86. The average Bonchev–Trinajstić information content (AvgIpc) is 3.34. The number of hydrogen-bond acceptors (Lipinski definition) is 8. The molecule has 7 aliphatic carbocycles. The van der Waals surface area contributed by atoms with Crippen LogP contribution in [-0.4, -0.2) is 48.7 Å². The van der Waals surface area contributed by atoms with E-state index in [1.165, 1.54) is 0 Å². The Morgan fingerprint density at radius 3 is 2.15 bits per heavy atom. The molecule has 0 saturated heterocycles. The molecule has 6 unspecified atom stereocenters. The molecule has 0 amide bonds. The van der Waals surface area contributed by atoms with E-state index in [-0.39, 0.29) is 30.0 Å². The summed E-state index contributed by atoms with van der Waals surface area (Å²) in [4.78, 5) is 38.9. The van der Waals surface area contributed by atoms with E-state index in [4.69, 9.17) is 4.74 Å². The second-order valence-electron chi connectivity index (χ2n) is 11.7. The first-order chi connectivity index (χ1) is 15.9. The lowest BCUT2D eigenvalue weighted by molar-refractivity contribution is -0.185. The Kier molecular flexibility index (Phi) is 4.84. The third-order valence-corrected chi connectivity index (χ3v) is 10.6. The molecule has 6 bridgehead atoms. The monoisotopic (exact) mass is 501 g/mol. The molecular formula is C23H27F2O8S-. The maximum absolute atomic E-state index is 13.5. The summed E-state index contributed by atoms with van der Waals surface area (Å²) >= 11 is 0. The van der Waals surface area contributed by atoms with Crippen LogP contribution >= 0.6 is 0 Å². The predicted molar refractivity (Wildman–Crippen MR) is 108 cm³/mol. The van der Waals surface area contributed by atoms with Gasteiger partial charge in [-0.05, 0) is 68.6 Å². The molecule has 11 heteroatoms. The number of alkyl halides is 2. The highest BCUT2D eigenvalue weighted by Gasteiger charge is 2.68. The van der Waals surface area contributed by atoms with Crippen molar-refractivity contribution < 1.29 is 45.6 Å². The van der Waals surface area contributed by atoms with Crippen LogP contribution in [0.5, 0.6) is 0 Å². The minimum Gasteiger partial charge on any atom is -0.743 e. The van der Waals surface area contributed by atoms with Crippen molar-refractivity contribution in [3.05, 3.63) is 0 Å². The van der Waals surface area contributed by atoms with Crippen LogP contribution in [0.1, 0.15) is 51.4 Å². The van der Waals surface area contributed by atoms with Gasteiger partial charge in [-0.15, -0.1) is 0 Å². The number of fused-ring (bicyclic) bond motifs is 1. The van der Waals surface area contributed by atoms with Crippen molar-refractivity contribution in [3.8, 4) is 0 Å². The van der Waals surface area contributed by atoms with Gasteiger partial charge < -0.3 is 14.0 Å². The molecule has 34 heavy (non-hydrogen) atoms. The number of ether oxygens (including phenoxy) is 2. The van der Waals surface area contributed by atoms with Gasteiger partial charge in [-0.3, -0.25) is 14.4 Å². The summed E-state index contributed by atoms with van der Waals surface area (Å²) in [5.74, 6) is -2.63. The summed E-state index contributed by atoms with van der Waals surface area (Å²) in [6.07, 6.45) is 5.90. The van der Waals surface area contributed by atoms with E-state index in [2.05, 4.69) is 4.74 Å². The van der Waals surface area contributed by atoms with Crippen molar-refractivity contribution in [2.45, 2.75) is 62.7 Å². The van der Waals surface area contributed by atoms with Crippen molar-refractivity contribution in [2.75, 3.05) is 6.61 Å². The van der Waals surface area contributed by atoms with E-state index in [9.17, 15) is 36.1 Å². The Labute approximate surface area is 195 Å². The number of rotatable bonds is 6. The molecule has 7 fully saturated rings. The average molecular weight is 502 g/mol. The summed E-state index contributed by atoms with van der Waals surface area (Å²) in [5, 5.41) is -4.76. The lowest BCUT2D eigenvalue weighted by Gasteiger charge is -2.55. The van der Waals surface area contributed by atoms with Gasteiger partial charge in [0, 0.05) is 24.2 Å². The van der Waals surface area contributed by atoms with Crippen molar-refractivity contribution in [1.82, 2.24) is 0 Å². The molecule has 0 heterocycles. The van der Waals surface area contributed by atoms with Gasteiger partial charge in [0.25, 0.3) is 0 Å². The Morgan fingerprint density at radius 1 is 1.00 bits per heavy atom. The topological polar surface area (TPSA) is 127 Å². The largest absolute Gasteiger partial charge is 0.743 e. The summed E-state index contributed by atoms with van der Waals surface area (Å²) in [6, 6.07) is 0. The van der Waals surface area contributed by atoms with Gasteiger partial charge in [-0.2, -0.15) is 8.78 Å². The number of hydrogen-bond donors (Lipinski definition) is 0. The highest BCUT2D eigenvalue weighted by atomic mass is 32.2. The van der Waals surface area contributed by atoms with Gasteiger partial charge in [0.1, 0.15) is 11.9 Å². The van der Waals surface area contributed by atoms with Crippen LogP contribution < -0.4 is 0 Å². The second-order valence-corrected chi connectivity index (χ2v) is 13.2. The van der Waals surface area contributed by atoms with E-state index in [0.717, 1.165) is 38.5 Å². The molecular weight excluding hydrogens is 474 g/mol. The Hall–Kier alpha value is -1.62. The van der Waals surface area contributed by atoms with Crippen LogP contribution in [0, 0.1) is 52.8 Å². The molecule has 7 aliphatic rings. The van der Waals surface area contributed by atoms with Crippen molar-refractivity contribution in [2.24, 2.45) is 52.8 Å². The normalized spacial score (nSPS) is 46.2. The van der Waals surface area contributed by atoms with Crippen LogP contribution in [0.2, 0.25) is 0 Å². The summed E-state index contributed by atoms with van der Waals surface area (Å²) in [5.41, 5.74) is -0.501. The second kappa shape index (κ2) is 7.21. The molecule has 0 aliphatic heterocycles. The summed E-state index contributed by atoms with van der Waals surface area (Å²) in [7, 11) is -6.00. The van der Waals surface area contributed by atoms with Crippen molar-refractivity contribution >= 4 is 27.8 Å². The summed E-state index contributed by atoms with van der Waals surface area (Å²) < 4.78 is 69.9. The number of esters is 2. The van der Waals surface area contributed by atoms with Crippen LogP contribution in [0.15, 0.2) is 0 Å². The summed E-state index contributed by atoms with van der Waals surface area (Å²) in [6.45, 7) is -1.90. The quantitative estimate of drug-likeness (QED) is 0.401. The van der Waals surface area contributed by atoms with Crippen molar-refractivity contribution in [1.29, 1.82) is 0 Å². The number of ketones is 1. The fraction of sp³-hybridized carbons (Fsp3) is 0.870. The predicted octanol–water partition coefficient (Wildman–Crippen LogP) is 2.27. The van der Waals surface area contributed by atoms with Gasteiger partial charge >= 0.3 is 17.2 Å². The minimum absolute atomic E-state index is 0.166. The molecule has 0 N–H and O–H groups in total. The smallest absolute Gasteiger partial charge is 0.367 e. The fourth-order valence-electron chi connectivity index (χ4n) is 8.98. The molecule has 7 rings (SSSR count). The molecule has 0 radical (unpaired) electrons. The molecule has 8 nitrogen and oxygen atoms in total. The molecule has 6 atom stereocenters. The number of halogens is 2. The van der Waals surface area contributed by atoms with E-state index in [1.807, 2.05) is 0 Å². The third kappa shape index (κ3) is 3.21. The van der Waals surface area contributed by atoms with E-state index >= 15 is 0 Å². The van der Waals surface area contributed by atoms with Crippen LogP contribution in [0.25, 0.3) is 0 Å². The first kappa shape index (κ1) is 22.8. The van der Waals surface area contributed by atoms with Gasteiger partial charge in [0.2, 0.25) is 0 Å². The van der Waals surface area contributed by atoms with Crippen LogP contribution in [0.3, 0.4) is 0 Å². The fourth-order valence-corrected chi connectivity index (χ4v) is 9.19. The van der Waals surface area contributed by atoms with Gasteiger partial charge in [-0.25, -0.2) is 8.42 Å². The lowest BCUT2D eigenvalue weighted by Crippen LogP contribution is -2.52. The van der Waals surface area contributed by atoms with E-state index < -0.39 is 57.2 Å². The zero-order chi connectivity index (χ0) is 24.2. The number of Topliss-reactive ketones (excluding diaryl/α,β-unsaturated/α-hetero) is 1. The maximum atomic E-state index is 13.5. The molecule has 0 spiro atoms. The third-order valence-electron chi connectivity index (χ3n) is 9.79. The standard InChI is InChI=1S/C23H28F2O8S/c24-23(25,34(29,30)31)9-32-20(27)18-15-4-13-14(5-16(26)17(13)18)19(15)33-21(28)22-6-10-1-11(7-22)3-12(2-10)8-22/h10-15,17-19H,1-9H2,(H,29,30,31)/p-1. The van der Waals surface area contributed by atoms with Crippen molar-refractivity contribution in [3.63, 3.8) is 0 Å². The van der Waals surface area contributed by atoms with E-state index in [0.29, 0.717) is 24.2 Å². The van der Waals surface area contributed by atoms with Gasteiger partial charge in [0.15, 0.2) is 16.7 Å². The maximum Gasteiger partial charge on any atom is 0.367 e. The molecule has 0 aromatic rings. The molecule has 0 aromatic heterocycles. The SMILES string of the molecule is O=C1CC2C3CC(C2OC(=O)C24CC5CC(CC(C5)C2)C4)C(C(=O)OCC(F)(F)S(=O)(=O)[O-])C13. The van der Waals surface area contributed by atoms with Crippen LogP contribution in [-0.2, 0) is 34.0 Å². The van der Waals surface area contributed by atoms with Gasteiger partial charge in [0.05, 0.1) is 11.3 Å². The Bertz CT molecular complexity index is 1020. The van der Waals surface area contributed by atoms with E-state index in [1.54, 1.807) is 0 Å². The number of carbonyl (C=O) groups excluding carboxylic acids is 3. The number of carbonyl (C=O) groups is 3. The van der Waals surface area contributed by atoms with Crippen LogP contribution in [0.4, 0.5) is 8.78 Å². The lowest BCUT2D eigenvalue weighted by atomic mass is 9.49. The Morgan fingerprint density at radius 2 is 1.59 bits per heavy atom. The first-order valence-corrected chi connectivity index (χ1v) is 13.5. The first-order valence-electron chi connectivity index (χ1n) is 12.1.